The van der Waals surface area contributed by atoms with E-state index in [-0.39, 0.29) is 30.5 Å². The maximum atomic E-state index is 11.7. The molecule has 102 valence electrons. The van der Waals surface area contributed by atoms with Crippen LogP contribution in [0.1, 0.15) is 0 Å². The Kier molecular flexibility index (Phi) is 6.91. The zero-order valence-electron chi connectivity index (χ0n) is 10.2. The predicted octanol–water partition coefficient (Wildman–Crippen LogP) is -0.109. The summed E-state index contributed by atoms with van der Waals surface area (Å²) in [5.74, 6) is -0.141. The van der Waals surface area contributed by atoms with Crippen LogP contribution < -0.4 is 5.32 Å². The van der Waals surface area contributed by atoms with Gasteiger partial charge in [-0.2, -0.15) is 5.10 Å². The molecule has 1 heterocycles. The Morgan fingerprint density at radius 1 is 1.67 bits per heavy atom. The van der Waals surface area contributed by atoms with Crippen molar-refractivity contribution in [2.45, 2.75) is 6.54 Å². The first-order chi connectivity index (χ1) is 8.04. The van der Waals surface area contributed by atoms with Gasteiger partial charge in [-0.15, -0.1) is 12.4 Å². The Hall–Kier alpha value is -1.67. The SMILES string of the molecule is CNCCN(C)C(=O)Cn1cc([N+](=O)[O-])cn1.Cl. The minimum absolute atomic E-state index is 0. The van der Waals surface area contributed by atoms with E-state index < -0.39 is 4.92 Å². The van der Waals surface area contributed by atoms with Gasteiger partial charge in [-0.25, -0.2) is 0 Å². The quantitative estimate of drug-likeness (QED) is 0.578. The highest BCUT2D eigenvalue weighted by atomic mass is 35.5. The van der Waals surface area contributed by atoms with Crippen molar-refractivity contribution in [1.29, 1.82) is 0 Å². The lowest BCUT2D eigenvalue weighted by molar-refractivity contribution is -0.385. The van der Waals surface area contributed by atoms with Gasteiger partial charge in [-0.05, 0) is 7.05 Å². The molecule has 0 fully saturated rings. The number of likely N-dealkylation sites (N-methyl/N-ethyl adjacent to an activating group) is 2. The molecule has 18 heavy (non-hydrogen) atoms. The number of rotatable bonds is 6. The Balaban J connectivity index is 0.00000289. The second-order valence-corrected chi connectivity index (χ2v) is 3.57. The Morgan fingerprint density at radius 3 is 2.83 bits per heavy atom. The Morgan fingerprint density at radius 2 is 2.33 bits per heavy atom. The fourth-order valence-corrected chi connectivity index (χ4v) is 1.20. The zero-order valence-corrected chi connectivity index (χ0v) is 11.0. The van der Waals surface area contributed by atoms with Gasteiger partial charge in [0, 0.05) is 20.1 Å². The summed E-state index contributed by atoms with van der Waals surface area (Å²) in [7, 11) is 3.48. The highest BCUT2D eigenvalue weighted by Gasteiger charge is 2.13. The maximum absolute atomic E-state index is 11.7. The van der Waals surface area contributed by atoms with E-state index in [1.807, 2.05) is 0 Å². The molecule has 0 atom stereocenters. The summed E-state index contributed by atoms with van der Waals surface area (Å²) in [6.45, 7) is 1.29. The molecule has 1 rings (SSSR count). The third-order valence-electron chi connectivity index (χ3n) is 2.25. The number of carbonyl (C=O) groups excluding carboxylic acids is 1. The maximum Gasteiger partial charge on any atom is 0.307 e. The molecule has 1 amide bonds. The summed E-state index contributed by atoms with van der Waals surface area (Å²) < 4.78 is 1.26. The van der Waals surface area contributed by atoms with Crippen LogP contribution in [0.15, 0.2) is 12.4 Å². The highest BCUT2D eigenvalue weighted by molar-refractivity contribution is 5.85. The van der Waals surface area contributed by atoms with Crippen LogP contribution in [0.2, 0.25) is 0 Å². The van der Waals surface area contributed by atoms with Crippen molar-refractivity contribution in [3.63, 3.8) is 0 Å². The van der Waals surface area contributed by atoms with Crippen LogP contribution in [0.4, 0.5) is 5.69 Å². The molecule has 1 aromatic heterocycles. The van der Waals surface area contributed by atoms with Gasteiger partial charge in [0.1, 0.15) is 18.9 Å². The molecule has 0 aliphatic carbocycles. The van der Waals surface area contributed by atoms with Gasteiger partial charge in [0.15, 0.2) is 0 Å². The molecule has 0 aliphatic rings. The van der Waals surface area contributed by atoms with E-state index in [1.165, 1.54) is 10.9 Å². The van der Waals surface area contributed by atoms with Crippen LogP contribution >= 0.6 is 12.4 Å². The summed E-state index contributed by atoms with van der Waals surface area (Å²) in [6, 6.07) is 0. The minimum Gasteiger partial charge on any atom is -0.343 e. The molecule has 0 unspecified atom stereocenters. The number of nitrogens with zero attached hydrogens (tertiary/aromatic N) is 4. The number of aromatic nitrogens is 2. The molecular formula is C9H16ClN5O3. The zero-order chi connectivity index (χ0) is 12.8. The molecule has 0 saturated heterocycles. The normalized spacial score (nSPS) is 9.67. The van der Waals surface area contributed by atoms with Gasteiger partial charge < -0.3 is 10.2 Å². The lowest BCUT2D eigenvalue weighted by Gasteiger charge is -2.16. The van der Waals surface area contributed by atoms with Crippen LogP contribution in [0.3, 0.4) is 0 Å². The molecule has 0 bridgehead atoms. The molecule has 9 heteroatoms. The number of amides is 1. The number of nitrogens with one attached hydrogen (secondary N) is 1. The molecule has 0 spiro atoms. The lowest BCUT2D eigenvalue weighted by atomic mass is 10.4. The van der Waals surface area contributed by atoms with Crippen molar-refractivity contribution >= 4 is 24.0 Å². The lowest BCUT2D eigenvalue weighted by Crippen LogP contribution is -2.35. The van der Waals surface area contributed by atoms with Crippen LogP contribution in [-0.4, -0.2) is 52.7 Å². The van der Waals surface area contributed by atoms with Crippen molar-refractivity contribution in [2.75, 3.05) is 27.2 Å². The number of carbonyl (C=O) groups is 1. The summed E-state index contributed by atoms with van der Waals surface area (Å²) in [4.78, 5) is 23.1. The largest absolute Gasteiger partial charge is 0.343 e. The minimum atomic E-state index is -0.543. The molecule has 0 radical (unpaired) electrons. The fraction of sp³-hybridized carbons (Fsp3) is 0.556. The first-order valence-corrected chi connectivity index (χ1v) is 5.10. The molecule has 0 saturated carbocycles. The van der Waals surface area contributed by atoms with E-state index in [9.17, 15) is 14.9 Å². The average Bonchev–Trinajstić information content (AvgIpc) is 2.74. The fourth-order valence-electron chi connectivity index (χ4n) is 1.20. The Bertz CT molecular complexity index is 409. The number of halogens is 1. The standard InChI is InChI=1S/C9H15N5O3.ClH/c1-10-3-4-12(2)9(15)7-13-6-8(5-11-13)14(16)17;/h5-6,10H,3-4,7H2,1-2H3;1H. The van der Waals surface area contributed by atoms with Gasteiger partial charge in [0.25, 0.3) is 0 Å². The van der Waals surface area contributed by atoms with E-state index in [0.29, 0.717) is 13.1 Å². The van der Waals surface area contributed by atoms with E-state index in [0.717, 1.165) is 6.20 Å². The molecule has 1 N–H and O–H groups in total. The van der Waals surface area contributed by atoms with Gasteiger partial charge in [-0.3, -0.25) is 19.6 Å². The number of hydrogen-bond donors (Lipinski definition) is 1. The second kappa shape index (κ2) is 7.62. The smallest absolute Gasteiger partial charge is 0.307 e. The summed E-state index contributed by atoms with van der Waals surface area (Å²) >= 11 is 0. The summed E-state index contributed by atoms with van der Waals surface area (Å²) in [5, 5.41) is 17.1. The van der Waals surface area contributed by atoms with Crippen LogP contribution in [0.5, 0.6) is 0 Å². The monoisotopic (exact) mass is 277 g/mol. The molecular weight excluding hydrogens is 262 g/mol. The average molecular weight is 278 g/mol. The van der Waals surface area contributed by atoms with Gasteiger partial charge in [0.05, 0.1) is 4.92 Å². The molecule has 1 aromatic rings. The van der Waals surface area contributed by atoms with Crippen LogP contribution in [0, 0.1) is 10.1 Å². The summed E-state index contributed by atoms with van der Waals surface area (Å²) in [5.41, 5.74) is -0.115. The topological polar surface area (TPSA) is 93.3 Å². The van der Waals surface area contributed by atoms with Crippen LogP contribution in [-0.2, 0) is 11.3 Å². The van der Waals surface area contributed by atoms with Crippen molar-refractivity contribution in [3.8, 4) is 0 Å². The van der Waals surface area contributed by atoms with E-state index >= 15 is 0 Å². The first kappa shape index (κ1) is 16.3. The first-order valence-electron chi connectivity index (χ1n) is 5.10. The van der Waals surface area contributed by atoms with Crippen molar-refractivity contribution < 1.29 is 9.72 Å². The van der Waals surface area contributed by atoms with E-state index in [1.54, 1.807) is 19.0 Å². The van der Waals surface area contributed by atoms with Crippen molar-refractivity contribution in [1.82, 2.24) is 20.0 Å². The number of hydrogen-bond acceptors (Lipinski definition) is 5. The van der Waals surface area contributed by atoms with Crippen molar-refractivity contribution in [3.05, 3.63) is 22.5 Å². The predicted molar refractivity (Wildman–Crippen MR) is 67.7 cm³/mol. The van der Waals surface area contributed by atoms with Gasteiger partial charge >= 0.3 is 5.69 Å². The van der Waals surface area contributed by atoms with E-state index in [4.69, 9.17) is 0 Å². The summed E-state index contributed by atoms with van der Waals surface area (Å²) in [6.07, 6.45) is 2.37. The molecule has 8 nitrogen and oxygen atoms in total. The van der Waals surface area contributed by atoms with Crippen LogP contribution in [0.25, 0.3) is 0 Å². The van der Waals surface area contributed by atoms with Gasteiger partial charge in [0.2, 0.25) is 5.91 Å². The molecule has 0 aromatic carbocycles. The van der Waals surface area contributed by atoms with Gasteiger partial charge in [-0.1, -0.05) is 0 Å². The van der Waals surface area contributed by atoms with E-state index in [2.05, 4.69) is 10.4 Å². The number of nitro groups is 1. The van der Waals surface area contributed by atoms with Crippen molar-refractivity contribution in [2.24, 2.45) is 0 Å². The second-order valence-electron chi connectivity index (χ2n) is 3.57. The third-order valence-corrected chi connectivity index (χ3v) is 2.25. The Labute approximate surface area is 111 Å². The molecule has 0 aliphatic heterocycles. The third kappa shape index (κ3) is 4.68. The highest BCUT2D eigenvalue weighted by Crippen LogP contribution is 2.07.